The van der Waals surface area contributed by atoms with E-state index in [1.54, 1.807) is 11.3 Å². The Hall–Kier alpha value is -1.16. The van der Waals surface area contributed by atoms with Gasteiger partial charge in [-0.3, -0.25) is 9.59 Å². The number of carbonyl (C=O) groups excluding carboxylic acids is 1. The van der Waals surface area contributed by atoms with Crippen LogP contribution in [0.1, 0.15) is 39.4 Å². The van der Waals surface area contributed by atoms with E-state index in [2.05, 4.69) is 0 Å². The maximum atomic E-state index is 12.3. The molecule has 3 nitrogen and oxygen atoms in total. The predicted molar refractivity (Wildman–Crippen MR) is 66.6 cm³/mol. The van der Waals surface area contributed by atoms with E-state index >= 15 is 0 Å². The van der Waals surface area contributed by atoms with Gasteiger partial charge in [-0.25, -0.2) is 0 Å². The third kappa shape index (κ3) is 2.41. The minimum absolute atomic E-state index is 0.0937. The van der Waals surface area contributed by atoms with E-state index in [-0.39, 0.29) is 17.6 Å². The summed E-state index contributed by atoms with van der Waals surface area (Å²) < 4.78 is 0. The highest BCUT2D eigenvalue weighted by molar-refractivity contribution is 7.12. The van der Waals surface area contributed by atoms with Crippen LogP contribution in [0.25, 0.3) is 0 Å². The van der Waals surface area contributed by atoms with Crippen LogP contribution in [-0.2, 0) is 4.79 Å². The molecule has 0 radical (unpaired) electrons. The summed E-state index contributed by atoms with van der Waals surface area (Å²) in [6, 6.07) is 1.93. The van der Waals surface area contributed by atoms with Crippen LogP contribution in [0.15, 0.2) is 6.07 Å². The van der Waals surface area contributed by atoms with Gasteiger partial charge in [0.05, 0.1) is 5.92 Å². The maximum Gasteiger partial charge on any atom is 0.306 e. The fourth-order valence-electron chi connectivity index (χ4n) is 2.54. The summed E-state index contributed by atoms with van der Waals surface area (Å²) in [6.07, 6.45) is 1.85. The van der Waals surface area contributed by atoms with Crippen molar-refractivity contribution < 1.29 is 14.7 Å². The Labute approximate surface area is 104 Å². The summed E-state index contributed by atoms with van der Waals surface area (Å²) in [5, 5.41) is 8.93. The number of ketones is 1. The second kappa shape index (κ2) is 4.61. The highest BCUT2D eigenvalue weighted by atomic mass is 32.1. The van der Waals surface area contributed by atoms with Gasteiger partial charge >= 0.3 is 5.97 Å². The lowest BCUT2D eigenvalue weighted by atomic mass is 9.95. The second-order valence-electron chi connectivity index (χ2n) is 4.74. The Morgan fingerprint density at radius 2 is 1.94 bits per heavy atom. The van der Waals surface area contributed by atoms with Gasteiger partial charge in [-0.15, -0.1) is 11.3 Å². The summed E-state index contributed by atoms with van der Waals surface area (Å²) in [5.41, 5.74) is 0.795. The number of hydrogen-bond acceptors (Lipinski definition) is 3. The van der Waals surface area contributed by atoms with E-state index in [0.29, 0.717) is 19.3 Å². The van der Waals surface area contributed by atoms with Gasteiger partial charge in [-0.05, 0) is 39.2 Å². The number of aryl methyl sites for hydroxylation is 2. The molecule has 1 N–H and O–H groups in total. The third-order valence-corrected chi connectivity index (χ3v) is 4.43. The number of hydrogen-bond donors (Lipinski definition) is 1. The highest BCUT2D eigenvalue weighted by Crippen LogP contribution is 2.35. The Balaban J connectivity index is 2.12. The van der Waals surface area contributed by atoms with Crippen molar-refractivity contribution in [2.24, 2.45) is 11.8 Å². The Morgan fingerprint density at radius 3 is 2.41 bits per heavy atom. The zero-order valence-electron chi connectivity index (χ0n) is 10.0. The predicted octanol–water partition coefficient (Wildman–Crippen LogP) is 3.05. The van der Waals surface area contributed by atoms with Crippen molar-refractivity contribution in [1.82, 2.24) is 0 Å². The zero-order chi connectivity index (χ0) is 12.6. The van der Waals surface area contributed by atoms with Crippen LogP contribution in [0.5, 0.6) is 0 Å². The van der Waals surface area contributed by atoms with E-state index in [9.17, 15) is 9.59 Å². The van der Waals surface area contributed by atoms with Gasteiger partial charge in [0.2, 0.25) is 0 Å². The smallest absolute Gasteiger partial charge is 0.306 e. The molecule has 1 heterocycles. The molecule has 2 unspecified atom stereocenters. The Morgan fingerprint density at radius 1 is 1.29 bits per heavy atom. The molecule has 0 amide bonds. The van der Waals surface area contributed by atoms with E-state index in [1.165, 1.54) is 0 Å². The lowest BCUT2D eigenvalue weighted by molar-refractivity contribution is -0.141. The number of carboxylic acid groups (broad SMARTS) is 1. The standard InChI is InChI=1S/C13H16O3S/c1-7-5-11(8(2)17-7)12(14)9-3-4-10(6-9)13(15)16/h5,9-10H,3-4,6H2,1-2H3,(H,15,16). The number of aliphatic carboxylic acids is 1. The van der Waals surface area contributed by atoms with Crippen LogP contribution >= 0.6 is 11.3 Å². The Kier molecular flexibility index (Phi) is 3.33. The van der Waals surface area contributed by atoms with Crippen LogP contribution in [-0.4, -0.2) is 16.9 Å². The second-order valence-corrected chi connectivity index (χ2v) is 6.20. The van der Waals surface area contributed by atoms with Crippen molar-refractivity contribution in [3.05, 3.63) is 21.4 Å². The normalized spacial score (nSPS) is 23.9. The molecular formula is C13H16O3S. The molecule has 17 heavy (non-hydrogen) atoms. The molecule has 4 heteroatoms. The molecule has 1 aromatic rings. The topological polar surface area (TPSA) is 54.4 Å². The average molecular weight is 252 g/mol. The van der Waals surface area contributed by atoms with Gasteiger partial charge in [-0.2, -0.15) is 0 Å². The summed E-state index contributed by atoms with van der Waals surface area (Å²) >= 11 is 1.63. The largest absolute Gasteiger partial charge is 0.481 e. The van der Waals surface area contributed by atoms with E-state index < -0.39 is 5.97 Å². The molecule has 0 aromatic carbocycles. The van der Waals surface area contributed by atoms with Crippen LogP contribution in [0.4, 0.5) is 0 Å². The molecule has 92 valence electrons. The fraction of sp³-hybridized carbons (Fsp3) is 0.538. The van der Waals surface area contributed by atoms with Gasteiger partial charge in [0.15, 0.2) is 5.78 Å². The van der Waals surface area contributed by atoms with Crippen molar-refractivity contribution >= 4 is 23.1 Å². The van der Waals surface area contributed by atoms with Crippen LogP contribution in [0.2, 0.25) is 0 Å². The van der Waals surface area contributed by atoms with Crippen molar-refractivity contribution in [1.29, 1.82) is 0 Å². The zero-order valence-corrected chi connectivity index (χ0v) is 10.8. The summed E-state index contributed by atoms with van der Waals surface area (Å²) in [4.78, 5) is 25.3. The quantitative estimate of drug-likeness (QED) is 0.841. The fourth-order valence-corrected chi connectivity index (χ4v) is 3.47. The van der Waals surface area contributed by atoms with E-state index in [4.69, 9.17) is 5.11 Å². The van der Waals surface area contributed by atoms with E-state index in [0.717, 1.165) is 15.3 Å². The Bertz CT molecular complexity index is 461. The number of rotatable bonds is 3. The monoisotopic (exact) mass is 252 g/mol. The molecule has 1 aromatic heterocycles. The van der Waals surface area contributed by atoms with Crippen molar-refractivity contribution in [3.63, 3.8) is 0 Å². The number of Topliss-reactive ketones (excluding diaryl/α,β-unsaturated/α-hetero) is 1. The first kappa shape index (κ1) is 12.3. The molecular weight excluding hydrogens is 236 g/mol. The molecule has 2 atom stereocenters. The SMILES string of the molecule is Cc1cc(C(=O)C2CCC(C(=O)O)C2)c(C)s1. The average Bonchev–Trinajstić information content (AvgIpc) is 2.84. The first-order valence-electron chi connectivity index (χ1n) is 5.83. The maximum absolute atomic E-state index is 12.3. The lowest BCUT2D eigenvalue weighted by Crippen LogP contribution is -2.14. The van der Waals surface area contributed by atoms with Gasteiger partial charge in [0, 0.05) is 21.2 Å². The van der Waals surface area contributed by atoms with Gasteiger partial charge in [0.1, 0.15) is 0 Å². The van der Waals surface area contributed by atoms with Crippen LogP contribution in [0, 0.1) is 25.7 Å². The summed E-state index contributed by atoms with van der Waals surface area (Å²) in [6.45, 7) is 3.94. The molecule has 2 rings (SSSR count). The van der Waals surface area contributed by atoms with Gasteiger partial charge < -0.3 is 5.11 Å². The molecule has 0 aliphatic heterocycles. The minimum Gasteiger partial charge on any atom is -0.481 e. The number of carbonyl (C=O) groups is 2. The molecule has 1 saturated carbocycles. The summed E-state index contributed by atoms with van der Waals surface area (Å²) in [5.74, 6) is -1.05. The van der Waals surface area contributed by atoms with Crippen molar-refractivity contribution in [2.45, 2.75) is 33.1 Å². The highest BCUT2D eigenvalue weighted by Gasteiger charge is 2.34. The first-order chi connectivity index (χ1) is 7.99. The van der Waals surface area contributed by atoms with Gasteiger partial charge in [0.25, 0.3) is 0 Å². The molecule has 1 fully saturated rings. The first-order valence-corrected chi connectivity index (χ1v) is 6.64. The van der Waals surface area contributed by atoms with Crippen LogP contribution < -0.4 is 0 Å². The molecule has 1 aliphatic carbocycles. The van der Waals surface area contributed by atoms with Crippen molar-refractivity contribution in [2.75, 3.05) is 0 Å². The minimum atomic E-state index is -0.765. The lowest BCUT2D eigenvalue weighted by Gasteiger charge is -2.07. The van der Waals surface area contributed by atoms with Crippen molar-refractivity contribution in [3.8, 4) is 0 Å². The molecule has 0 spiro atoms. The number of thiophene rings is 1. The van der Waals surface area contributed by atoms with E-state index in [1.807, 2.05) is 19.9 Å². The molecule has 1 aliphatic rings. The number of carboxylic acids is 1. The van der Waals surface area contributed by atoms with Gasteiger partial charge in [-0.1, -0.05) is 0 Å². The molecule has 0 saturated heterocycles. The third-order valence-electron chi connectivity index (χ3n) is 3.46. The van der Waals surface area contributed by atoms with Crippen LogP contribution in [0.3, 0.4) is 0 Å². The summed E-state index contributed by atoms with van der Waals surface area (Å²) in [7, 11) is 0. The molecule has 0 bridgehead atoms.